The Morgan fingerprint density at radius 3 is 2.73 bits per heavy atom. The van der Waals surface area contributed by atoms with Crippen LogP contribution < -0.4 is 0 Å². The van der Waals surface area contributed by atoms with Crippen molar-refractivity contribution >= 4 is 5.91 Å². The van der Waals surface area contributed by atoms with Crippen LogP contribution in [0, 0.1) is 11.7 Å². The van der Waals surface area contributed by atoms with E-state index < -0.39 is 0 Å². The van der Waals surface area contributed by atoms with Crippen molar-refractivity contribution < 1.29 is 13.9 Å². The van der Waals surface area contributed by atoms with Crippen LogP contribution in [0.25, 0.3) is 0 Å². The third-order valence-corrected chi connectivity index (χ3v) is 7.37. The van der Waals surface area contributed by atoms with Gasteiger partial charge in [-0.15, -0.1) is 0 Å². The first-order chi connectivity index (χ1) is 16.2. The van der Waals surface area contributed by atoms with Crippen LogP contribution in [-0.4, -0.2) is 58.5 Å². The average molecular weight is 453 g/mol. The Kier molecular flexibility index (Phi) is 6.97. The molecule has 176 valence electrons. The number of carbonyl (C=O) groups excluding carboxylic acids is 1. The summed E-state index contributed by atoms with van der Waals surface area (Å²) in [4.78, 5) is 27.0. The maximum Gasteiger partial charge on any atom is 0.237 e. The molecule has 6 nitrogen and oxygen atoms in total. The third kappa shape index (κ3) is 5.41. The number of likely N-dealkylation sites (tertiary alicyclic amines) is 1. The van der Waals surface area contributed by atoms with Crippen molar-refractivity contribution in [2.75, 3.05) is 32.8 Å². The van der Waals surface area contributed by atoms with E-state index in [0.717, 1.165) is 87.3 Å². The minimum Gasteiger partial charge on any atom is -0.381 e. The zero-order valence-electron chi connectivity index (χ0n) is 19.2. The summed E-state index contributed by atoms with van der Waals surface area (Å²) in [7, 11) is 0. The molecule has 2 aromatic rings. The van der Waals surface area contributed by atoms with E-state index in [1.54, 1.807) is 0 Å². The number of fused-ring (bicyclic) bond motifs is 1. The highest BCUT2D eigenvalue weighted by Gasteiger charge is 2.29. The number of hydrogen-bond donors (Lipinski definition) is 0. The van der Waals surface area contributed by atoms with E-state index in [4.69, 9.17) is 9.72 Å². The van der Waals surface area contributed by atoms with Gasteiger partial charge in [0, 0.05) is 38.4 Å². The lowest BCUT2D eigenvalue weighted by Gasteiger charge is -2.37. The number of amides is 1. The highest BCUT2D eigenvalue weighted by atomic mass is 19.1. The van der Waals surface area contributed by atoms with Crippen LogP contribution in [0.15, 0.2) is 30.5 Å². The molecular formula is C26H33FN4O2. The number of ether oxygens (including phenoxy) is 1. The predicted octanol–water partition coefficient (Wildman–Crippen LogP) is 3.70. The molecule has 33 heavy (non-hydrogen) atoms. The van der Waals surface area contributed by atoms with Crippen molar-refractivity contribution in [2.45, 2.75) is 57.5 Å². The van der Waals surface area contributed by atoms with Gasteiger partial charge < -0.3 is 9.64 Å². The lowest BCUT2D eigenvalue weighted by molar-refractivity contribution is -0.134. The normalized spacial score (nSPS) is 22.2. The summed E-state index contributed by atoms with van der Waals surface area (Å²) in [5.41, 5.74) is 3.26. The maximum atomic E-state index is 13.4. The van der Waals surface area contributed by atoms with Gasteiger partial charge >= 0.3 is 0 Å². The Labute approximate surface area is 195 Å². The molecular weight excluding hydrogens is 419 g/mol. The number of halogens is 1. The van der Waals surface area contributed by atoms with E-state index in [1.807, 2.05) is 23.2 Å². The zero-order chi connectivity index (χ0) is 22.6. The molecule has 3 aliphatic rings. The molecule has 2 saturated heterocycles. The summed E-state index contributed by atoms with van der Waals surface area (Å²) in [6, 6.07) is 6.92. The second-order valence-electron chi connectivity index (χ2n) is 9.62. The maximum absolute atomic E-state index is 13.4. The SMILES string of the molecule is O=C(CN1CCCC[C@@H]1c1ccc(F)cc1)N1CCc2cnc(CC3CCOCC3)nc2C1. The highest BCUT2D eigenvalue weighted by molar-refractivity contribution is 5.78. The predicted molar refractivity (Wildman–Crippen MR) is 123 cm³/mol. The number of aromatic nitrogens is 2. The van der Waals surface area contributed by atoms with Crippen LogP contribution in [0.4, 0.5) is 4.39 Å². The van der Waals surface area contributed by atoms with E-state index in [0.29, 0.717) is 25.6 Å². The molecule has 7 heteroatoms. The Balaban J connectivity index is 1.23. The molecule has 1 amide bonds. The first-order valence-electron chi connectivity index (χ1n) is 12.3. The average Bonchev–Trinajstić information content (AvgIpc) is 2.85. The van der Waals surface area contributed by atoms with Gasteiger partial charge in [0.2, 0.25) is 5.91 Å². The van der Waals surface area contributed by atoms with Crippen molar-refractivity contribution in [3.63, 3.8) is 0 Å². The van der Waals surface area contributed by atoms with Crippen LogP contribution in [0.3, 0.4) is 0 Å². The summed E-state index contributed by atoms with van der Waals surface area (Å²) in [6.45, 7) is 4.23. The molecule has 1 atom stereocenters. The quantitative estimate of drug-likeness (QED) is 0.693. The number of rotatable bonds is 5. The van der Waals surface area contributed by atoms with Gasteiger partial charge in [-0.05, 0) is 67.8 Å². The number of benzene rings is 1. The van der Waals surface area contributed by atoms with Crippen molar-refractivity contribution in [1.29, 1.82) is 0 Å². The molecule has 0 radical (unpaired) electrons. The van der Waals surface area contributed by atoms with Crippen LogP contribution in [0.2, 0.25) is 0 Å². The van der Waals surface area contributed by atoms with E-state index in [1.165, 1.54) is 12.1 Å². The van der Waals surface area contributed by atoms with Crippen LogP contribution in [0.1, 0.15) is 60.8 Å². The standard InChI is InChI=1S/C26H33FN4O2/c27-22-6-4-20(5-7-22)24-3-1-2-11-30(24)18-26(32)31-12-8-21-16-28-25(29-23(21)17-31)15-19-9-13-33-14-10-19/h4-7,16,19,24H,1-3,8-15,17-18H2/t24-/m1/s1. The van der Waals surface area contributed by atoms with E-state index in [2.05, 4.69) is 9.88 Å². The minimum absolute atomic E-state index is 0.152. The summed E-state index contributed by atoms with van der Waals surface area (Å²) in [6.07, 6.45) is 9.02. The number of carbonyl (C=O) groups is 1. The molecule has 0 unspecified atom stereocenters. The molecule has 0 spiro atoms. The number of hydrogen-bond acceptors (Lipinski definition) is 5. The number of nitrogens with zero attached hydrogens (tertiary/aromatic N) is 4. The molecule has 0 bridgehead atoms. The lowest BCUT2D eigenvalue weighted by Crippen LogP contribution is -2.45. The Morgan fingerprint density at radius 1 is 1.09 bits per heavy atom. The molecule has 3 aliphatic heterocycles. The fourth-order valence-electron chi connectivity index (χ4n) is 5.38. The van der Waals surface area contributed by atoms with Crippen molar-refractivity contribution in [3.05, 3.63) is 58.9 Å². The van der Waals surface area contributed by atoms with Crippen LogP contribution in [-0.2, 0) is 28.9 Å². The Bertz CT molecular complexity index is 961. The summed E-state index contributed by atoms with van der Waals surface area (Å²) < 4.78 is 18.9. The Hall–Kier alpha value is -2.38. The van der Waals surface area contributed by atoms with Crippen molar-refractivity contribution in [3.8, 4) is 0 Å². The van der Waals surface area contributed by atoms with Crippen molar-refractivity contribution in [2.24, 2.45) is 5.92 Å². The molecule has 0 saturated carbocycles. The first kappa shape index (κ1) is 22.4. The molecule has 0 aliphatic carbocycles. The Morgan fingerprint density at radius 2 is 1.91 bits per heavy atom. The van der Waals surface area contributed by atoms with Gasteiger partial charge in [0.05, 0.1) is 18.8 Å². The van der Waals surface area contributed by atoms with Gasteiger partial charge in [-0.3, -0.25) is 9.69 Å². The first-order valence-corrected chi connectivity index (χ1v) is 12.3. The van der Waals surface area contributed by atoms with Gasteiger partial charge in [0.1, 0.15) is 11.6 Å². The second kappa shape index (κ2) is 10.3. The fourth-order valence-corrected chi connectivity index (χ4v) is 5.38. The van der Waals surface area contributed by atoms with E-state index in [9.17, 15) is 9.18 Å². The van der Waals surface area contributed by atoms with Gasteiger partial charge in [-0.2, -0.15) is 0 Å². The van der Waals surface area contributed by atoms with Gasteiger partial charge in [0.15, 0.2) is 0 Å². The smallest absolute Gasteiger partial charge is 0.237 e. The molecule has 0 N–H and O–H groups in total. The van der Waals surface area contributed by atoms with Crippen LogP contribution in [0.5, 0.6) is 0 Å². The van der Waals surface area contributed by atoms with E-state index in [-0.39, 0.29) is 17.8 Å². The second-order valence-corrected chi connectivity index (χ2v) is 9.62. The highest BCUT2D eigenvalue weighted by Crippen LogP contribution is 2.31. The van der Waals surface area contributed by atoms with Gasteiger partial charge in [-0.1, -0.05) is 18.6 Å². The van der Waals surface area contributed by atoms with Crippen molar-refractivity contribution in [1.82, 2.24) is 19.8 Å². The van der Waals surface area contributed by atoms with Crippen LogP contribution >= 0.6 is 0 Å². The molecule has 1 aromatic heterocycles. The van der Waals surface area contributed by atoms with E-state index >= 15 is 0 Å². The minimum atomic E-state index is -0.220. The third-order valence-electron chi connectivity index (χ3n) is 7.37. The summed E-state index contributed by atoms with van der Waals surface area (Å²) in [5, 5.41) is 0. The molecule has 2 fully saturated rings. The summed E-state index contributed by atoms with van der Waals surface area (Å²) >= 11 is 0. The topological polar surface area (TPSA) is 58.6 Å². The monoisotopic (exact) mass is 452 g/mol. The lowest BCUT2D eigenvalue weighted by atomic mass is 9.95. The zero-order valence-corrected chi connectivity index (χ0v) is 19.2. The largest absolute Gasteiger partial charge is 0.381 e. The molecule has 1 aromatic carbocycles. The van der Waals surface area contributed by atoms with Gasteiger partial charge in [-0.25, -0.2) is 14.4 Å². The fraction of sp³-hybridized carbons (Fsp3) is 0.577. The molecule has 5 rings (SSSR count). The number of piperidine rings is 1. The summed E-state index contributed by atoms with van der Waals surface area (Å²) in [5.74, 6) is 1.41. The van der Waals surface area contributed by atoms with Gasteiger partial charge in [0.25, 0.3) is 0 Å². The molecule has 4 heterocycles.